The SMILES string of the molecule is CC(=O)OC1CC2(CC1OC(C)=O)C(=NOCc1ccccc1)C1CCC2C1. The number of benzene rings is 1. The Bertz CT molecular complexity index is 750. The molecule has 3 aliphatic carbocycles. The van der Waals surface area contributed by atoms with Gasteiger partial charge >= 0.3 is 11.9 Å². The second-order valence-electron chi connectivity index (χ2n) is 8.30. The predicted octanol–water partition coefficient (Wildman–Crippen LogP) is 3.63. The van der Waals surface area contributed by atoms with Crippen molar-refractivity contribution in [3.05, 3.63) is 35.9 Å². The maximum atomic E-state index is 11.6. The Morgan fingerprint density at radius 3 is 2.29 bits per heavy atom. The Labute approximate surface area is 165 Å². The maximum Gasteiger partial charge on any atom is 0.303 e. The highest BCUT2D eigenvalue weighted by Gasteiger charge is 2.63. The van der Waals surface area contributed by atoms with Crippen LogP contribution < -0.4 is 0 Å². The van der Waals surface area contributed by atoms with Crippen LogP contribution in [0.1, 0.15) is 51.5 Å². The summed E-state index contributed by atoms with van der Waals surface area (Å²) in [5.74, 6) is 0.201. The molecule has 0 aliphatic heterocycles. The molecule has 28 heavy (non-hydrogen) atoms. The molecule has 6 nitrogen and oxygen atoms in total. The first-order chi connectivity index (χ1) is 13.5. The molecule has 1 aromatic carbocycles. The highest BCUT2D eigenvalue weighted by molar-refractivity contribution is 5.95. The van der Waals surface area contributed by atoms with E-state index >= 15 is 0 Å². The summed E-state index contributed by atoms with van der Waals surface area (Å²) in [7, 11) is 0. The lowest BCUT2D eigenvalue weighted by Crippen LogP contribution is -2.36. The van der Waals surface area contributed by atoms with Crippen LogP contribution in [0.5, 0.6) is 0 Å². The van der Waals surface area contributed by atoms with E-state index in [1.165, 1.54) is 13.8 Å². The summed E-state index contributed by atoms with van der Waals surface area (Å²) in [5, 5.41) is 4.60. The van der Waals surface area contributed by atoms with Gasteiger partial charge in [0.15, 0.2) is 0 Å². The Balaban J connectivity index is 1.55. The van der Waals surface area contributed by atoms with Crippen molar-refractivity contribution in [1.29, 1.82) is 0 Å². The molecule has 4 unspecified atom stereocenters. The monoisotopic (exact) mass is 385 g/mol. The molecule has 0 N–H and O–H groups in total. The van der Waals surface area contributed by atoms with Crippen LogP contribution in [0.3, 0.4) is 0 Å². The van der Waals surface area contributed by atoms with Crippen LogP contribution in [0.15, 0.2) is 35.5 Å². The van der Waals surface area contributed by atoms with Crippen molar-refractivity contribution in [2.75, 3.05) is 0 Å². The molecule has 0 aromatic heterocycles. The lowest BCUT2D eigenvalue weighted by Gasteiger charge is -2.34. The fourth-order valence-corrected chi connectivity index (χ4v) is 5.53. The van der Waals surface area contributed by atoms with E-state index < -0.39 is 12.2 Å². The fourth-order valence-electron chi connectivity index (χ4n) is 5.53. The smallest absolute Gasteiger partial charge is 0.303 e. The highest BCUT2D eigenvalue weighted by Crippen LogP contribution is 2.61. The Morgan fingerprint density at radius 2 is 1.68 bits per heavy atom. The van der Waals surface area contributed by atoms with Crippen LogP contribution in [-0.4, -0.2) is 29.9 Å². The minimum atomic E-state index is -0.417. The first-order valence-corrected chi connectivity index (χ1v) is 10.1. The summed E-state index contributed by atoms with van der Waals surface area (Å²) in [6.07, 6.45) is 3.82. The van der Waals surface area contributed by atoms with Gasteiger partial charge in [-0.15, -0.1) is 0 Å². The minimum Gasteiger partial charge on any atom is -0.459 e. The Kier molecular flexibility index (Phi) is 5.13. The van der Waals surface area contributed by atoms with E-state index in [0.29, 0.717) is 31.3 Å². The van der Waals surface area contributed by atoms with Crippen molar-refractivity contribution < 1.29 is 23.9 Å². The van der Waals surface area contributed by atoms with Crippen LogP contribution in [-0.2, 0) is 30.5 Å². The first-order valence-electron chi connectivity index (χ1n) is 10.1. The number of fused-ring (bicyclic) bond motifs is 3. The number of carbonyl (C=O) groups is 2. The van der Waals surface area contributed by atoms with E-state index in [-0.39, 0.29) is 17.4 Å². The normalized spacial score (nSPS) is 34.7. The molecule has 0 saturated heterocycles. The average molecular weight is 385 g/mol. The molecule has 4 rings (SSSR count). The van der Waals surface area contributed by atoms with Crippen LogP contribution >= 0.6 is 0 Å². The molecule has 3 fully saturated rings. The van der Waals surface area contributed by atoms with E-state index in [9.17, 15) is 9.59 Å². The number of hydrogen-bond donors (Lipinski definition) is 0. The van der Waals surface area contributed by atoms with Crippen LogP contribution in [0.2, 0.25) is 0 Å². The lowest BCUT2D eigenvalue weighted by atomic mass is 9.70. The van der Waals surface area contributed by atoms with Gasteiger partial charge < -0.3 is 14.3 Å². The molecular formula is C22H27NO5. The molecule has 0 radical (unpaired) electrons. The van der Waals surface area contributed by atoms with Crippen molar-refractivity contribution in [3.8, 4) is 0 Å². The van der Waals surface area contributed by atoms with Gasteiger partial charge in [-0.1, -0.05) is 35.5 Å². The molecule has 3 aliphatic rings. The van der Waals surface area contributed by atoms with Crippen LogP contribution in [0.25, 0.3) is 0 Å². The minimum absolute atomic E-state index is 0.195. The number of rotatable bonds is 5. The van der Waals surface area contributed by atoms with Gasteiger partial charge in [-0.2, -0.15) is 0 Å². The third kappa shape index (κ3) is 3.52. The van der Waals surface area contributed by atoms with E-state index in [0.717, 1.165) is 30.5 Å². The van der Waals surface area contributed by atoms with Crippen molar-refractivity contribution in [2.45, 2.75) is 64.8 Å². The lowest BCUT2D eigenvalue weighted by molar-refractivity contribution is -0.162. The zero-order valence-electron chi connectivity index (χ0n) is 16.4. The maximum absolute atomic E-state index is 11.6. The second kappa shape index (κ2) is 7.57. The van der Waals surface area contributed by atoms with E-state index in [2.05, 4.69) is 5.16 Å². The van der Waals surface area contributed by atoms with Crippen LogP contribution in [0.4, 0.5) is 0 Å². The van der Waals surface area contributed by atoms with E-state index in [1.807, 2.05) is 30.3 Å². The topological polar surface area (TPSA) is 74.2 Å². The molecule has 1 aromatic rings. The molecule has 6 heteroatoms. The molecule has 2 bridgehead atoms. The number of nitrogens with zero attached hydrogens (tertiary/aromatic N) is 1. The Hall–Kier alpha value is -2.37. The summed E-state index contributed by atoms with van der Waals surface area (Å²) in [4.78, 5) is 28.9. The van der Waals surface area contributed by atoms with Gasteiger partial charge in [0.1, 0.15) is 18.8 Å². The van der Waals surface area contributed by atoms with Gasteiger partial charge in [-0.05, 0) is 43.6 Å². The van der Waals surface area contributed by atoms with Crippen LogP contribution in [0, 0.1) is 17.3 Å². The number of esters is 2. The third-order valence-electron chi connectivity index (χ3n) is 6.53. The average Bonchev–Trinajstić information content (AvgIpc) is 3.31. The molecule has 0 amide bonds. The summed E-state index contributed by atoms with van der Waals surface area (Å²) in [6.45, 7) is 3.22. The summed E-state index contributed by atoms with van der Waals surface area (Å²) >= 11 is 0. The van der Waals surface area contributed by atoms with E-state index in [4.69, 9.17) is 14.3 Å². The summed E-state index contributed by atoms with van der Waals surface area (Å²) < 4.78 is 11.1. The molecule has 0 heterocycles. The van der Waals surface area contributed by atoms with Gasteiger partial charge in [-0.3, -0.25) is 9.59 Å². The molecule has 150 valence electrons. The van der Waals surface area contributed by atoms with Gasteiger partial charge in [0.25, 0.3) is 0 Å². The second-order valence-corrected chi connectivity index (χ2v) is 8.30. The van der Waals surface area contributed by atoms with Crippen molar-refractivity contribution in [3.63, 3.8) is 0 Å². The molecule has 4 atom stereocenters. The standard InChI is InChI=1S/C22H27NO5/c1-14(24)27-19-11-22(12-20(19)28-15(2)25)18-9-8-17(10-18)21(22)23-26-13-16-6-4-3-5-7-16/h3-7,17-20H,8-13H2,1-2H3. The third-order valence-corrected chi connectivity index (χ3v) is 6.53. The first kappa shape index (κ1) is 19.0. The zero-order valence-corrected chi connectivity index (χ0v) is 16.4. The zero-order chi connectivity index (χ0) is 19.7. The van der Waals surface area contributed by atoms with Gasteiger partial charge in [0.2, 0.25) is 0 Å². The van der Waals surface area contributed by atoms with Gasteiger partial charge in [0.05, 0.1) is 5.71 Å². The quantitative estimate of drug-likeness (QED) is 0.571. The number of oxime groups is 1. The number of carbonyl (C=O) groups excluding carboxylic acids is 2. The number of hydrogen-bond acceptors (Lipinski definition) is 6. The molecule has 3 saturated carbocycles. The molecule has 1 spiro atoms. The largest absolute Gasteiger partial charge is 0.459 e. The van der Waals surface area contributed by atoms with Crippen molar-refractivity contribution in [1.82, 2.24) is 0 Å². The highest BCUT2D eigenvalue weighted by atomic mass is 16.6. The van der Waals surface area contributed by atoms with Crippen molar-refractivity contribution in [2.24, 2.45) is 22.4 Å². The van der Waals surface area contributed by atoms with Gasteiger partial charge in [0, 0.05) is 25.2 Å². The van der Waals surface area contributed by atoms with Crippen molar-refractivity contribution >= 4 is 17.7 Å². The van der Waals surface area contributed by atoms with E-state index in [1.54, 1.807) is 0 Å². The van der Waals surface area contributed by atoms with Gasteiger partial charge in [-0.25, -0.2) is 0 Å². The summed E-state index contributed by atoms with van der Waals surface area (Å²) in [6, 6.07) is 9.97. The molecular weight excluding hydrogens is 358 g/mol. The Morgan fingerprint density at radius 1 is 1.04 bits per heavy atom. The predicted molar refractivity (Wildman–Crippen MR) is 102 cm³/mol. The summed E-state index contributed by atoms with van der Waals surface area (Å²) in [5.41, 5.74) is 1.96. The number of ether oxygens (including phenoxy) is 2. The fraction of sp³-hybridized carbons (Fsp3) is 0.591.